The van der Waals surface area contributed by atoms with E-state index < -0.39 is 0 Å². The summed E-state index contributed by atoms with van der Waals surface area (Å²) in [5.41, 5.74) is 5.54. The van der Waals surface area contributed by atoms with Gasteiger partial charge in [-0.3, -0.25) is 4.79 Å². The Hall–Kier alpha value is -0.610. The largest absolute Gasteiger partial charge is 0.396 e. The van der Waals surface area contributed by atoms with Gasteiger partial charge in [0.1, 0.15) is 0 Å². The van der Waals surface area contributed by atoms with Gasteiger partial charge in [0, 0.05) is 24.4 Å². The summed E-state index contributed by atoms with van der Waals surface area (Å²) in [6.07, 6.45) is 6.83. The molecule has 17 heavy (non-hydrogen) atoms. The van der Waals surface area contributed by atoms with Gasteiger partial charge >= 0.3 is 0 Å². The third-order valence-electron chi connectivity index (χ3n) is 3.74. The van der Waals surface area contributed by atoms with Crippen LogP contribution in [0.3, 0.4) is 0 Å². The van der Waals surface area contributed by atoms with Gasteiger partial charge in [0.15, 0.2) is 0 Å². The van der Waals surface area contributed by atoms with Gasteiger partial charge in [-0.05, 0) is 26.2 Å². The van der Waals surface area contributed by atoms with Crippen molar-refractivity contribution in [3.63, 3.8) is 0 Å². The maximum absolute atomic E-state index is 11.6. The molecule has 1 aliphatic carbocycles. The number of carbonyl (C=O) groups is 1. The van der Waals surface area contributed by atoms with Crippen molar-refractivity contribution in [2.24, 2.45) is 11.1 Å². The quantitative estimate of drug-likeness (QED) is 0.654. The molecule has 0 aromatic rings. The van der Waals surface area contributed by atoms with E-state index in [4.69, 9.17) is 5.73 Å². The molecular formula is C13H26N2O2. The number of aliphatic hydroxyl groups excluding tert-OH is 1. The molecule has 4 N–H and O–H groups in total. The summed E-state index contributed by atoms with van der Waals surface area (Å²) in [6.45, 7) is 2.70. The van der Waals surface area contributed by atoms with Gasteiger partial charge in [-0.15, -0.1) is 0 Å². The molecular weight excluding hydrogens is 216 g/mol. The standard InChI is InChI=1S/C13H26N2O2/c1-11(14)5-6-12(17)15-9-13(10-16)7-3-2-4-8-13/h11,16H,2-10,14H2,1H3,(H,15,17). The summed E-state index contributed by atoms with van der Waals surface area (Å²) in [4.78, 5) is 11.6. The fourth-order valence-corrected chi connectivity index (χ4v) is 2.43. The molecule has 0 spiro atoms. The molecule has 1 aliphatic rings. The molecule has 0 aliphatic heterocycles. The average Bonchev–Trinajstić information content (AvgIpc) is 2.35. The Bertz CT molecular complexity index is 236. The Morgan fingerprint density at radius 1 is 1.41 bits per heavy atom. The Labute approximate surface area is 104 Å². The van der Waals surface area contributed by atoms with Gasteiger partial charge in [-0.25, -0.2) is 0 Å². The van der Waals surface area contributed by atoms with Crippen LogP contribution in [0, 0.1) is 5.41 Å². The van der Waals surface area contributed by atoms with Crippen molar-refractivity contribution in [1.29, 1.82) is 0 Å². The minimum atomic E-state index is -0.0672. The van der Waals surface area contributed by atoms with E-state index in [0.717, 1.165) is 32.1 Å². The van der Waals surface area contributed by atoms with E-state index in [0.29, 0.717) is 13.0 Å². The van der Waals surface area contributed by atoms with E-state index >= 15 is 0 Å². The van der Waals surface area contributed by atoms with Crippen LogP contribution in [0.15, 0.2) is 0 Å². The summed E-state index contributed by atoms with van der Waals surface area (Å²) in [5.74, 6) is 0.0562. The molecule has 4 heteroatoms. The number of hydrogen-bond donors (Lipinski definition) is 3. The average molecular weight is 242 g/mol. The Morgan fingerprint density at radius 3 is 2.59 bits per heavy atom. The van der Waals surface area contributed by atoms with Crippen LogP contribution in [0.4, 0.5) is 0 Å². The Kier molecular flexibility index (Phi) is 5.92. The van der Waals surface area contributed by atoms with Crippen LogP contribution >= 0.6 is 0 Å². The van der Waals surface area contributed by atoms with E-state index in [1.807, 2.05) is 6.92 Å². The zero-order valence-corrected chi connectivity index (χ0v) is 10.9. The fraction of sp³-hybridized carbons (Fsp3) is 0.923. The second-order valence-electron chi connectivity index (χ2n) is 5.51. The molecule has 100 valence electrons. The zero-order chi connectivity index (χ0) is 12.7. The van der Waals surface area contributed by atoms with Crippen LogP contribution < -0.4 is 11.1 Å². The predicted octanol–water partition coefficient (Wildman–Crippen LogP) is 1.17. The molecule has 0 aromatic heterocycles. The number of amides is 1. The number of carbonyl (C=O) groups excluding carboxylic acids is 1. The van der Waals surface area contributed by atoms with E-state index in [2.05, 4.69) is 5.32 Å². The van der Waals surface area contributed by atoms with Crippen molar-refractivity contribution in [1.82, 2.24) is 5.32 Å². The first-order chi connectivity index (χ1) is 8.08. The van der Waals surface area contributed by atoms with Crippen LogP contribution in [-0.2, 0) is 4.79 Å². The lowest BCUT2D eigenvalue weighted by molar-refractivity contribution is -0.122. The highest BCUT2D eigenvalue weighted by atomic mass is 16.3. The minimum Gasteiger partial charge on any atom is -0.396 e. The summed E-state index contributed by atoms with van der Waals surface area (Å²) >= 11 is 0. The molecule has 4 nitrogen and oxygen atoms in total. The van der Waals surface area contributed by atoms with Crippen LogP contribution in [-0.4, -0.2) is 30.2 Å². The van der Waals surface area contributed by atoms with E-state index in [1.54, 1.807) is 0 Å². The highest BCUT2D eigenvalue weighted by Gasteiger charge is 2.31. The van der Waals surface area contributed by atoms with Crippen LogP contribution in [0.25, 0.3) is 0 Å². The van der Waals surface area contributed by atoms with Gasteiger partial charge < -0.3 is 16.2 Å². The lowest BCUT2D eigenvalue weighted by Gasteiger charge is -2.35. The lowest BCUT2D eigenvalue weighted by Crippen LogP contribution is -2.41. The molecule has 0 bridgehead atoms. The molecule has 0 saturated heterocycles. The van der Waals surface area contributed by atoms with Crippen molar-refractivity contribution in [2.45, 2.75) is 57.9 Å². The number of hydrogen-bond acceptors (Lipinski definition) is 3. The predicted molar refractivity (Wildman–Crippen MR) is 68.5 cm³/mol. The second-order valence-corrected chi connectivity index (χ2v) is 5.51. The van der Waals surface area contributed by atoms with Crippen LogP contribution in [0.1, 0.15) is 51.9 Å². The molecule has 1 fully saturated rings. The Morgan fingerprint density at radius 2 is 2.06 bits per heavy atom. The minimum absolute atomic E-state index is 0.0562. The van der Waals surface area contributed by atoms with Crippen molar-refractivity contribution in [3.8, 4) is 0 Å². The topological polar surface area (TPSA) is 75.4 Å². The van der Waals surface area contributed by atoms with E-state index in [1.165, 1.54) is 6.42 Å². The normalized spacial score (nSPS) is 20.9. The fourth-order valence-electron chi connectivity index (χ4n) is 2.43. The second kappa shape index (κ2) is 6.97. The molecule has 1 rings (SSSR count). The lowest BCUT2D eigenvalue weighted by atomic mass is 9.74. The third-order valence-corrected chi connectivity index (χ3v) is 3.74. The van der Waals surface area contributed by atoms with Crippen molar-refractivity contribution < 1.29 is 9.90 Å². The molecule has 1 unspecified atom stereocenters. The number of nitrogens with two attached hydrogens (primary N) is 1. The SMILES string of the molecule is CC(N)CCC(=O)NCC1(CO)CCCCC1. The van der Waals surface area contributed by atoms with Crippen molar-refractivity contribution >= 4 is 5.91 Å². The first-order valence-corrected chi connectivity index (χ1v) is 6.71. The molecule has 0 radical (unpaired) electrons. The highest BCUT2D eigenvalue weighted by molar-refractivity contribution is 5.75. The maximum Gasteiger partial charge on any atom is 0.220 e. The monoisotopic (exact) mass is 242 g/mol. The van der Waals surface area contributed by atoms with Gasteiger partial charge in [0.2, 0.25) is 5.91 Å². The van der Waals surface area contributed by atoms with E-state index in [9.17, 15) is 9.90 Å². The smallest absolute Gasteiger partial charge is 0.220 e. The highest BCUT2D eigenvalue weighted by Crippen LogP contribution is 2.35. The summed E-state index contributed by atoms with van der Waals surface area (Å²) < 4.78 is 0. The first-order valence-electron chi connectivity index (χ1n) is 6.71. The summed E-state index contributed by atoms with van der Waals surface area (Å²) in [5, 5.41) is 12.4. The number of rotatable bonds is 6. The van der Waals surface area contributed by atoms with Gasteiger partial charge in [0.25, 0.3) is 0 Å². The molecule has 1 saturated carbocycles. The van der Waals surface area contributed by atoms with Crippen LogP contribution in [0.2, 0.25) is 0 Å². The van der Waals surface area contributed by atoms with Crippen LogP contribution in [0.5, 0.6) is 0 Å². The molecule has 1 amide bonds. The first kappa shape index (κ1) is 14.5. The molecule has 0 aromatic carbocycles. The Balaban J connectivity index is 2.29. The number of nitrogens with one attached hydrogen (secondary N) is 1. The van der Waals surface area contributed by atoms with Crippen molar-refractivity contribution in [3.05, 3.63) is 0 Å². The van der Waals surface area contributed by atoms with Gasteiger partial charge in [0.05, 0.1) is 6.61 Å². The third kappa shape index (κ3) is 5.04. The van der Waals surface area contributed by atoms with Gasteiger partial charge in [-0.1, -0.05) is 19.3 Å². The van der Waals surface area contributed by atoms with E-state index in [-0.39, 0.29) is 24.0 Å². The summed E-state index contributed by atoms with van der Waals surface area (Å²) in [7, 11) is 0. The maximum atomic E-state index is 11.6. The number of aliphatic hydroxyl groups is 1. The van der Waals surface area contributed by atoms with Gasteiger partial charge in [-0.2, -0.15) is 0 Å². The molecule has 0 heterocycles. The van der Waals surface area contributed by atoms with Crippen molar-refractivity contribution in [2.75, 3.05) is 13.2 Å². The summed E-state index contributed by atoms with van der Waals surface area (Å²) in [6, 6.07) is 0.0715. The zero-order valence-electron chi connectivity index (χ0n) is 10.9. The molecule has 1 atom stereocenters.